The SMILES string of the molecule is CC(C)(C)C(CO)CB1OCCCO1. The van der Waals surface area contributed by atoms with Gasteiger partial charge in [0, 0.05) is 19.8 Å². The zero-order valence-electron chi connectivity index (χ0n) is 9.45. The van der Waals surface area contributed by atoms with Gasteiger partial charge in [0.25, 0.3) is 0 Å². The first-order chi connectivity index (χ1) is 6.54. The van der Waals surface area contributed by atoms with Crippen LogP contribution in [0.3, 0.4) is 0 Å². The van der Waals surface area contributed by atoms with Crippen LogP contribution in [0.15, 0.2) is 0 Å². The molecule has 1 rings (SSSR count). The van der Waals surface area contributed by atoms with E-state index >= 15 is 0 Å². The molecular formula is C10H21BO3. The molecule has 0 bridgehead atoms. The van der Waals surface area contributed by atoms with Crippen molar-refractivity contribution in [2.45, 2.75) is 33.5 Å². The van der Waals surface area contributed by atoms with Crippen LogP contribution in [0.25, 0.3) is 0 Å². The Morgan fingerprint density at radius 3 is 2.29 bits per heavy atom. The lowest BCUT2D eigenvalue weighted by atomic mass is 9.67. The van der Waals surface area contributed by atoms with Crippen molar-refractivity contribution in [3.05, 3.63) is 0 Å². The highest BCUT2D eigenvalue weighted by molar-refractivity contribution is 6.44. The van der Waals surface area contributed by atoms with Crippen LogP contribution in [0.1, 0.15) is 27.2 Å². The van der Waals surface area contributed by atoms with Gasteiger partial charge in [0.05, 0.1) is 0 Å². The molecule has 0 amide bonds. The molecule has 82 valence electrons. The molecule has 3 nitrogen and oxygen atoms in total. The molecular weight excluding hydrogens is 179 g/mol. The summed E-state index contributed by atoms with van der Waals surface area (Å²) >= 11 is 0. The summed E-state index contributed by atoms with van der Waals surface area (Å²) in [6.45, 7) is 8.18. The lowest BCUT2D eigenvalue weighted by molar-refractivity contribution is 0.103. The van der Waals surface area contributed by atoms with Crippen molar-refractivity contribution in [3.63, 3.8) is 0 Å². The van der Waals surface area contributed by atoms with Crippen LogP contribution in [0.2, 0.25) is 6.32 Å². The number of hydrogen-bond acceptors (Lipinski definition) is 3. The fourth-order valence-electron chi connectivity index (χ4n) is 1.61. The first kappa shape index (κ1) is 12.0. The summed E-state index contributed by atoms with van der Waals surface area (Å²) < 4.78 is 10.9. The van der Waals surface area contributed by atoms with E-state index in [0.717, 1.165) is 26.0 Å². The Bertz CT molecular complexity index is 161. The number of hydrogen-bond donors (Lipinski definition) is 1. The van der Waals surface area contributed by atoms with E-state index in [1.807, 2.05) is 0 Å². The van der Waals surface area contributed by atoms with Crippen molar-refractivity contribution in [2.24, 2.45) is 11.3 Å². The molecule has 1 unspecified atom stereocenters. The van der Waals surface area contributed by atoms with Gasteiger partial charge in [-0.25, -0.2) is 0 Å². The van der Waals surface area contributed by atoms with E-state index in [0.29, 0.717) is 0 Å². The Morgan fingerprint density at radius 2 is 1.86 bits per heavy atom. The van der Waals surface area contributed by atoms with Gasteiger partial charge in [-0.3, -0.25) is 0 Å². The van der Waals surface area contributed by atoms with Crippen LogP contribution in [-0.4, -0.2) is 32.0 Å². The minimum Gasteiger partial charge on any atom is -0.411 e. The van der Waals surface area contributed by atoms with Crippen molar-refractivity contribution in [3.8, 4) is 0 Å². The first-order valence-corrected chi connectivity index (χ1v) is 5.38. The summed E-state index contributed by atoms with van der Waals surface area (Å²) in [4.78, 5) is 0. The van der Waals surface area contributed by atoms with Gasteiger partial charge < -0.3 is 14.4 Å². The molecule has 4 heteroatoms. The molecule has 0 saturated carbocycles. The summed E-state index contributed by atoms with van der Waals surface area (Å²) in [5.74, 6) is 0.241. The van der Waals surface area contributed by atoms with Crippen molar-refractivity contribution in [1.29, 1.82) is 0 Å². The van der Waals surface area contributed by atoms with Gasteiger partial charge in [0.2, 0.25) is 0 Å². The van der Waals surface area contributed by atoms with Crippen LogP contribution >= 0.6 is 0 Å². The highest BCUT2D eigenvalue weighted by Crippen LogP contribution is 2.30. The Labute approximate surface area is 86.9 Å². The minimum absolute atomic E-state index is 0.110. The summed E-state index contributed by atoms with van der Waals surface area (Å²) in [5.41, 5.74) is 0.110. The van der Waals surface area contributed by atoms with Crippen molar-refractivity contribution in [1.82, 2.24) is 0 Å². The third-order valence-corrected chi connectivity index (χ3v) is 2.82. The van der Waals surface area contributed by atoms with Crippen LogP contribution in [0.4, 0.5) is 0 Å². The molecule has 0 aromatic rings. The molecule has 0 aromatic carbocycles. The van der Waals surface area contributed by atoms with Crippen LogP contribution in [-0.2, 0) is 9.31 Å². The van der Waals surface area contributed by atoms with Crippen molar-refractivity contribution >= 4 is 7.12 Å². The second-order valence-electron chi connectivity index (χ2n) is 5.01. The van der Waals surface area contributed by atoms with Crippen LogP contribution in [0, 0.1) is 11.3 Å². The monoisotopic (exact) mass is 200 g/mol. The molecule has 1 atom stereocenters. The molecule has 0 spiro atoms. The second kappa shape index (κ2) is 5.15. The zero-order valence-corrected chi connectivity index (χ0v) is 9.45. The van der Waals surface area contributed by atoms with Gasteiger partial charge in [-0.05, 0) is 24.1 Å². The molecule has 1 aliphatic heterocycles. The van der Waals surface area contributed by atoms with Gasteiger partial charge in [-0.2, -0.15) is 0 Å². The molecule has 14 heavy (non-hydrogen) atoms. The average Bonchev–Trinajstić information content (AvgIpc) is 2.14. The van der Waals surface area contributed by atoms with Gasteiger partial charge in [-0.1, -0.05) is 20.8 Å². The number of rotatable bonds is 3. The summed E-state index contributed by atoms with van der Waals surface area (Å²) in [6, 6.07) is 0. The Kier molecular flexibility index (Phi) is 4.42. The van der Waals surface area contributed by atoms with E-state index in [4.69, 9.17) is 9.31 Å². The third-order valence-electron chi connectivity index (χ3n) is 2.82. The Morgan fingerprint density at radius 1 is 1.29 bits per heavy atom. The third kappa shape index (κ3) is 3.60. The average molecular weight is 200 g/mol. The topological polar surface area (TPSA) is 38.7 Å². The maximum absolute atomic E-state index is 9.28. The fourth-order valence-corrected chi connectivity index (χ4v) is 1.61. The lowest BCUT2D eigenvalue weighted by Crippen LogP contribution is -2.36. The minimum atomic E-state index is -0.111. The second-order valence-corrected chi connectivity index (χ2v) is 5.01. The normalized spacial score (nSPS) is 21.0. The largest absolute Gasteiger partial charge is 0.457 e. The maximum atomic E-state index is 9.28. The summed E-state index contributed by atoms with van der Waals surface area (Å²) in [6.07, 6.45) is 1.77. The van der Waals surface area contributed by atoms with Crippen molar-refractivity contribution in [2.75, 3.05) is 19.8 Å². The van der Waals surface area contributed by atoms with E-state index in [1.54, 1.807) is 0 Å². The van der Waals surface area contributed by atoms with Gasteiger partial charge in [0.1, 0.15) is 0 Å². The van der Waals surface area contributed by atoms with E-state index in [9.17, 15) is 5.11 Å². The van der Waals surface area contributed by atoms with E-state index in [1.165, 1.54) is 0 Å². The van der Waals surface area contributed by atoms with Gasteiger partial charge in [0.15, 0.2) is 0 Å². The Balaban J connectivity index is 2.39. The molecule has 1 aliphatic rings. The predicted octanol–water partition coefficient (Wildman–Crippen LogP) is 1.57. The van der Waals surface area contributed by atoms with Crippen molar-refractivity contribution < 1.29 is 14.4 Å². The molecule has 1 fully saturated rings. The highest BCUT2D eigenvalue weighted by atomic mass is 16.6. The predicted molar refractivity (Wildman–Crippen MR) is 57.1 cm³/mol. The van der Waals surface area contributed by atoms with E-state index < -0.39 is 0 Å². The highest BCUT2D eigenvalue weighted by Gasteiger charge is 2.32. The van der Waals surface area contributed by atoms with Crippen LogP contribution in [0.5, 0.6) is 0 Å². The molecule has 1 heterocycles. The molecule has 0 aliphatic carbocycles. The lowest BCUT2D eigenvalue weighted by Gasteiger charge is -2.31. The summed E-state index contributed by atoms with van der Waals surface area (Å²) in [7, 11) is -0.111. The molecule has 0 aromatic heterocycles. The molecule has 0 radical (unpaired) electrons. The van der Waals surface area contributed by atoms with Gasteiger partial charge in [-0.15, -0.1) is 0 Å². The standard InChI is InChI=1S/C10H21BO3/c1-10(2,3)9(8-12)7-11-13-5-4-6-14-11/h9,12H,4-8H2,1-3H3. The van der Waals surface area contributed by atoms with E-state index in [-0.39, 0.29) is 25.1 Å². The first-order valence-electron chi connectivity index (χ1n) is 5.38. The molecule has 1 saturated heterocycles. The zero-order chi connectivity index (χ0) is 10.6. The fraction of sp³-hybridized carbons (Fsp3) is 1.00. The molecule has 1 N–H and O–H groups in total. The Hall–Kier alpha value is -0.0551. The maximum Gasteiger partial charge on any atom is 0.457 e. The van der Waals surface area contributed by atoms with Gasteiger partial charge >= 0.3 is 7.12 Å². The number of aliphatic hydroxyl groups is 1. The van der Waals surface area contributed by atoms with E-state index in [2.05, 4.69) is 20.8 Å². The summed E-state index contributed by atoms with van der Waals surface area (Å²) in [5, 5.41) is 9.28. The number of aliphatic hydroxyl groups excluding tert-OH is 1. The quantitative estimate of drug-likeness (QED) is 0.702. The van der Waals surface area contributed by atoms with Crippen LogP contribution < -0.4 is 0 Å². The smallest absolute Gasteiger partial charge is 0.411 e.